The van der Waals surface area contributed by atoms with Crippen molar-refractivity contribution in [3.8, 4) is 0 Å². The number of hydrogen-bond acceptors (Lipinski definition) is 5. The molecule has 6 rings (SSSR count). The molecular formula is C48H60F2O5. The van der Waals surface area contributed by atoms with Gasteiger partial charge in [-0.1, -0.05) is 145 Å². The Balaban J connectivity index is 0.000000620. The van der Waals surface area contributed by atoms with Crippen molar-refractivity contribution < 1.29 is 27.1 Å². The Morgan fingerprint density at radius 3 is 1.24 bits per heavy atom. The lowest BCUT2D eigenvalue weighted by Crippen LogP contribution is -2.06. The van der Waals surface area contributed by atoms with Crippen molar-refractivity contribution in [3.05, 3.63) is 201 Å². The van der Waals surface area contributed by atoms with Crippen molar-refractivity contribution in [2.24, 2.45) is 0 Å². The summed E-state index contributed by atoms with van der Waals surface area (Å²) >= 11 is 0. The number of carbonyl (C=O) groups is 1. The number of rotatable bonds is 3. The maximum Gasteiger partial charge on any atom is 0.519 e. The van der Waals surface area contributed by atoms with E-state index in [2.05, 4.69) is 102 Å². The van der Waals surface area contributed by atoms with E-state index in [9.17, 15) is 18.4 Å². The monoisotopic (exact) mass is 754 g/mol. The van der Waals surface area contributed by atoms with E-state index in [1.807, 2.05) is 65.0 Å². The summed E-state index contributed by atoms with van der Waals surface area (Å²) in [4.78, 5) is 20.4. The van der Waals surface area contributed by atoms with Gasteiger partial charge < -0.3 is 13.6 Å². The van der Waals surface area contributed by atoms with E-state index >= 15 is 0 Å². The van der Waals surface area contributed by atoms with E-state index in [1.165, 1.54) is 53.4 Å². The second-order valence-corrected chi connectivity index (χ2v) is 12.7. The van der Waals surface area contributed by atoms with Crippen molar-refractivity contribution >= 4 is 5.97 Å². The summed E-state index contributed by atoms with van der Waals surface area (Å²) < 4.78 is 38.1. The molecule has 5 aromatic carbocycles. The molecule has 0 aliphatic rings. The first kappa shape index (κ1) is 49.4. The molecule has 0 saturated carbocycles. The molecule has 0 bridgehead atoms. The lowest BCUT2D eigenvalue weighted by Gasteiger charge is -2.01. The van der Waals surface area contributed by atoms with Crippen molar-refractivity contribution in [2.45, 2.75) is 95.1 Å². The van der Waals surface area contributed by atoms with Gasteiger partial charge in [0.2, 0.25) is 0 Å². The SMILES string of the molecule is CC(=O)OC(C)C.CCc1ccccc1.CCc1oc(=O)oc1C.Cc1ccc(C)cc1.Cc1ccc(F)cc1.Cc1cccc(F)c1.Cc1ccccc1. The van der Waals surface area contributed by atoms with Gasteiger partial charge in [-0.2, -0.15) is 0 Å². The van der Waals surface area contributed by atoms with Gasteiger partial charge in [-0.3, -0.25) is 4.79 Å². The van der Waals surface area contributed by atoms with Gasteiger partial charge in [-0.05, 0) is 97.2 Å². The molecule has 1 aromatic heterocycles. The number of halogens is 2. The van der Waals surface area contributed by atoms with Gasteiger partial charge in [-0.15, -0.1) is 0 Å². The van der Waals surface area contributed by atoms with Gasteiger partial charge in [0.1, 0.15) is 23.2 Å². The van der Waals surface area contributed by atoms with Crippen LogP contribution in [-0.2, 0) is 22.4 Å². The first-order valence-corrected chi connectivity index (χ1v) is 18.4. The van der Waals surface area contributed by atoms with Crippen LogP contribution in [0.15, 0.2) is 147 Å². The van der Waals surface area contributed by atoms with E-state index in [4.69, 9.17) is 0 Å². The third kappa shape index (κ3) is 28.6. The Morgan fingerprint density at radius 1 is 0.564 bits per heavy atom. The fourth-order valence-electron chi connectivity index (χ4n) is 4.05. The number of ether oxygens (including phenoxy) is 1. The summed E-state index contributed by atoms with van der Waals surface area (Å²) in [6, 6.07) is 42.1. The van der Waals surface area contributed by atoms with E-state index in [1.54, 1.807) is 25.1 Å². The molecular weight excluding hydrogens is 695 g/mol. The lowest BCUT2D eigenvalue weighted by molar-refractivity contribution is -0.144. The van der Waals surface area contributed by atoms with Crippen LogP contribution in [0.2, 0.25) is 0 Å². The van der Waals surface area contributed by atoms with Crippen molar-refractivity contribution in [2.75, 3.05) is 0 Å². The lowest BCUT2D eigenvalue weighted by atomic mass is 10.2. The largest absolute Gasteiger partial charge is 0.519 e. The third-order valence-corrected chi connectivity index (χ3v) is 6.96. The van der Waals surface area contributed by atoms with Gasteiger partial charge in [-0.25, -0.2) is 13.6 Å². The van der Waals surface area contributed by atoms with Crippen LogP contribution in [-0.4, -0.2) is 12.1 Å². The van der Waals surface area contributed by atoms with Crippen LogP contribution in [0.4, 0.5) is 8.78 Å². The van der Waals surface area contributed by atoms with E-state index in [0.29, 0.717) is 17.9 Å². The van der Waals surface area contributed by atoms with Crippen LogP contribution in [0, 0.1) is 53.2 Å². The van der Waals surface area contributed by atoms with Gasteiger partial charge in [0.25, 0.3) is 0 Å². The molecule has 0 radical (unpaired) electrons. The smallest absolute Gasteiger partial charge is 0.463 e. The average Bonchev–Trinajstić information content (AvgIpc) is 3.49. The molecule has 7 heteroatoms. The molecule has 296 valence electrons. The van der Waals surface area contributed by atoms with E-state index in [0.717, 1.165) is 17.5 Å². The average molecular weight is 755 g/mol. The van der Waals surface area contributed by atoms with Gasteiger partial charge in [0, 0.05) is 13.3 Å². The molecule has 0 aliphatic heterocycles. The molecule has 0 unspecified atom stereocenters. The molecule has 0 spiro atoms. The highest BCUT2D eigenvalue weighted by molar-refractivity contribution is 5.66. The number of benzene rings is 5. The second kappa shape index (κ2) is 29.8. The third-order valence-electron chi connectivity index (χ3n) is 6.96. The molecule has 5 nitrogen and oxygen atoms in total. The van der Waals surface area contributed by atoms with E-state index in [-0.39, 0.29) is 23.7 Å². The Morgan fingerprint density at radius 2 is 1.00 bits per heavy atom. The normalized spacial score (nSPS) is 9.27. The Kier molecular flexibility index (Phi) is 26.8. The summed E-state index contributed by atoms with van der Waals surface area (Å²) in [7, 11) is 0. The number of hydrogen-bond donors (Lipinski definition) is 0. The van der Waals surface area contributed by atoms with Crippen LogP contribution < -0.4 is 5.82 Å². The zero-order valence-electron chi connectivity index (χ0n) is 34.5. The maximum atomic E-state index is 12.2. The minimum absolute atomic E-state index is 0.0255. The second-order valence-electron chi connectivity index (χ2n) is 12.7. The molecule has 0 saturated heterocycles. The Hall–Kier alpha value is -5.56. The van der Waals surface area contributed by atoms with Gasteiger partial charge >= 0.3 is 11.8 Å². The molecule has 0 amide bonds. The van der Waals surface area contributed by atoms with Crippen LogP contribution in [0.1, 0.15) is 79.5 Å². The molecule has 0 fully saturated rings. The van der Waals surface area contributed by atoms with Crippen LogP contribution in [0.5, 0.6) is 0 Å². The Bertz CT molecular complexity index is 1780. The first-order chi connectivity index (χ1) is 26.1. The summed E-state index contributed by atoms with van der Waals surface area (Å²) in [5.74, 6) is 0.0717. The predicted molar refractivity (Wildman–Crippen MR) is 223 cm³/mol. The van der Waals surface area contributed by atoms with Crippen LogP contribution >= 0.6 is 0 Å². The molecule has 55 heavy (non-hydrogen) atoms. The molecule has 0 aliphatic carbocycles. The highest BCUT2D eigenvalue weighted by Gasteiger charge is 2.03. The zero-order valence-corrected chi connectivity index (χ0v) is 34.5. The van der Waals surface area contributed by atoms with E-state index < -0.39 is 5.82 Å². The first-order valence-electron chi connectivity index (χ1n) is 18.4. The number of carbonyl (C=O) groups excluding carboxylic acids is 1. The molecule has 0 atom stereocenters. The number of esters is 1. The van der Waals surface area contributed by atoms with Gasteiger partial charge in [0.15, 0.2) is 0 Å². The van der Waals surface area contributed by atoms with Gasteiger partial charge in [0.05, 0.1) is 6.10 Å². The highest BCUT2D eigenvalue weighted by atomic mass is 19.1. The number of aryl methyl sites for hydroxylation is 8. The minimum Gasteiger partial charge on any atom is -0.463 e. The summed E-state index contributed by atoms with van der Waals surface area (Å²) in [6.45, 7) is 20.9. The fraction of sp³-hybridized carbons (Fsp3) is 0.292. The molecule has 0 N–H and O–H groups in total. The summed E-state index contributed by atoms with van der Waals surface area (Å²) in [6.07, 6.45) is 1.87. The van der Waals surface area contributed by atoms with Crippen molar-refractivity contribution in [1.82, 2.24) is 0 Å². The standard InChI is InChI=1S/2C8H10.2C7H7F.C7H8.C6H8O3.C5H10O2/c1-7-3-5-8(2)6-4-7;1-2-8-6-4-3-5-7-8;1-6-2-4-7(8)5-3-6;1-6-3-2-4-7(8)5-6;1-7-5-3-2-4-6-7;1-3-5-4(2)8-6(7)9-5;1-4(2)7-5(3)6/h3-6H,1-2H3;3-7H,2H2,1H3;2*2-5H,1H3;2-6H,1H3;3H2,1-2H3;4H,1-3H3. The maximum absolute atomic E-state index is 12.2. The summed E-state index contributed by atoms with van der Waals surface area (Å²) in [5.41, 5.74) is 7.44. The Labute approximate surface area is 328 Å². The van der Waals surface area contributed by atoms with Crippen molar-refractivity contribution in [1.29, 1.82) is 0 Å². The van der Waals surface area contributed by atoms with Crippen LogP contribution in [0.3, 0.4) is 0 Å². The quantitative estimate of drug-likeness (QED) is 0.168. The predicted octanol–water partition coefficient (Wildman–Crippen LogP) is 12.9. The molecule has 1 heterocycles. The minimum atomic E-state index is -0.607. The zero-order chi connectivity index (χ0) is 41.6. The molecule has 6 aromatic rings. The topological polar surface area (TPSA) is 69.7 Å². The fourth-order valence-corrected chi connectivity index (χ4v) is 4.05. The summed E-state index contributed by atoms with van der Waals surface area (Å²) in [5, 5.41) is 0. The highest BCUT2D eigenvalue weighted by Crippen LogP contribution is 2.04. The van der Waals surface area contributed by atoms with Crippen molar-refractivity contribution in [3.63, 3.8) is 0 Å². The van der Waals surface area contributed by atoms with Crippen LogP contribution in [0.25, 0.3) is 0 Å².